The predicted octanol–water partition coefficient (Wildman–Crippen LogP) is 3.80. The average Bonchev–Trinajstić information content (AvgIpc) is 3.08. The molecule has 0 N–H and O–H groups in total. The van der Waals surface area contributed by atoms with Crippen LogP contribution in [0.3, 0.4) is 0 Å². The second-order valence-electron chi connectivity index (χ2n) is 6.14. The molecule has 4 rings (SSSR count). The SMILES string of the molecule is O=C(c1ccc(Cn2cccn2)cc1)N(Cc1cccs1)C1CC1. The summed E-state index contributed by atoms with van der Waals surface area (Å²) in [4.78, 5) is 16.2. The van der Waals surface area contributed by atoms with Crippen molar-refractivity contribution in [3.63, 3.8) is 0 Å². The Bertz CT molecular complexity index is 790. The van der Waals surface area contributed by atoms with Crippen LogP contribution in [-0.4, -0.2) is 26.6 Å². The Morgan fingerprint density at radius 2 is 2.04 bits per heavy atom. The highest BCUT2D eigenvalue weighted by atomic mass is 32.1. The summed E-state index contributed by atoms with van der Waals surface area (Å²) in [6, 6.07) is 14.4. The maximum atomic E-state index is 12.9. The van der Waals surface area contributed by atoms with Gasteiger partial charge in [-0.2, -0.15) is 5.10 Å². The largest absolute Gasteiger partial charge is 0.331 e. The molecule has 0 radical (unpaired) electrons. The maximum absolute atomic E-state index is 12.9. The van der Waals surface area contributed by atoms with Gasteiger partial charge in [0.15, 0.2) is 0 Å². The van der Waals surface area contributed by atoms with Crippen LogP contribution < -0.4 is 0 Å². The van der Waals surface area contributed by atoms with Crippen molar-refractivity contribution in [1.82, 2.24) is 14.7 Å². The summed E-state index contributed by atoms with van der Waals surface area (Å²) in [6.45, 7) is 1.44. The first kappa shape index (κ1) is 15.1. The van der Waals surface area contributed by atoms with E-state index in [1.165, 1.54) is 4.88 Å². The van der Waals surface area contributed by atoms with E-state index in [9.17, 15) is 4.79 Å². The van der Waals surface area contributed by atoms with Crippen LogP contribution in [0.2, 0.25) is 0 Å². The third-order valence-corrected chi connectivity index (χ3v) is 5.12. The van der Waals surface area contributed by atoms with E-state index in [-0.39, 0.29) is 5.91 Å². The number of rotatable bonds is 6. The van der Waals surface area contributed by atoms with Crippen molar-refractivity contribution in [2.45, 2.75) is 32.0 Å². The van der Waals surface area contributed by atoms with Gasteiger partial charge in [-0.05, 0) is 48.1 Å². The molecule has 0 saturated heterocycles. The fourth-order valence-corrected chi connectivity index (χ4v) is 3.53. The molecule has 1 fully saturated rings. The van der Waals surface area contributed by atoms with E-state index in [4.69, 9.17) is 0 Å². The summed E-state index contributed by atoms with van der Waals surface area (Å²) < 4.78 is 1.88. The number of nitrogens with zero attached hydrogens (tertiary/aromatic N) is 3. The molecule has 1 aromatic carbocycles. The molecule has 4 nitrogen and oxygen atoms in total. The molecular weight excluding hydrogens is 318 g/mol. The highest BCUT2D eigenvalue weighted by Crippen LogP contribution is 2.30. The van der Waals surface area contributed by atoms with Gasteiger partial charge in [-0.15, -0.1) is 11.3 Å². The van der Waals surface area contributed by atoms with Gasteiger partial charge >= 0.3 is 0 Å². The van der Waals surface area contributed by atoms with Crippen molar-refractivity contribution >= 4 is 17.2 Å². The van der Waals surface area contributed by atoms with E-state index in [1.807, 2.05) is 52.2 Å². The molecule has 0 atom stereocenters. The summed E-state index contributed by atoms with van der Waals surface area (Å²) in [5.41, 5.74) is 1.91. The molecule has 1 saturated carbocycles. The Hall–Kier alpha value is -2.40. The van der Waals surface area contributed by atoms with E-state index in [1.54, 1.807) is 17.5 Å². The first-order valence-corrected chi connectivity index (χ1v) is 9.07. The molecule has 0 bridgehead atoms. The number of hydrogen-bond acceptors (Lipinski definition) is 3. The Kier molecular flexibility index (Phi) is 4.17. The zero-order valence-corrected chi connectivity index (χ0v) is 14.2. The van der Waals surface area contributed by atoms with Crippen LogP contribution in [-0.2, 0) is 13.1 Å². The standard InChI is InChI=1S/C19H19N3OS/c23-19(22(17-8-9-17)14-18-3-1-12-24-18)16-6-4-15(5-7-16)13-21-11-2-10-20-21/h1-7,10-12,17H,8-9,13-14H2. The zero-order valence-electron chi connectivity index (χ0n) is 13.3. The van der Waals surface area contributed by atoms with Gasteiger partial charge in [0.1, 0.15) is 0 Å². The second kappa shape index (κ2) is 6.61. The van der Waals surface area contributed by atoms with Crippen molar-refractivity contribution in [3.05, 3.63) is 76.2 Å². The van der Waals surface area contributed by atoms with Gasteiger partial charge in [-0.1, -0.05) is 18.2 Å². The van der Waals surface area contributed by atoms with E-state index < -0.39 is 0 Å². The summed E-state index contributed by atoms with van der Waals surface area (Å²) in [5.74, 6) is 0.136. The van der Waals surface area contributed by atoms with E-state index in [0.717, 1.165) is 37.1 Å². The molecule has 1 aliphatic rings. The lowest BCUT2D eigenvalue weighted by atomic mass is 10.1. The molecule has 0 spiro atoms. The number of aromatic nitrogens is 2. The Morgan fingerprint density at radius 1 is 1.21 bits per heavy atom. The molecule has 5 heteroatoms. The number of benzene rings is 1. The van der Waals surface area contributed by atoms with E-state index >= 15 is 0 Å². The van der Waals surface area contributed by atoms with Gasteiger partial charge < -0.3 is 4.90 Å². The topological polar surface area (TPSA) is 38.1 Å². The lowest BCUT2D eigenvalue weighted by Crippen LogP contribution is -2.32. The number of hydrogen-bond donors (Lipinski definition) is 0. The minimum absolute atomic E-state index is 0.136. The Labute approximate surface area is 145 Å². The van der Waals surface area contributed by atoms with E-state index in [0.29, 0.717) is 6.04 Å². The Morgan fingerprint density at radius 3 is 2.67 bits per heavy atom. The fourth-order valence-electron chi connectivity index (χ4n) is 2.82. The molecule has 3 aromatic rings. The molecular formula is C19H19N3OS. The zero-order chi connectivity index (χ0) is 16.4. The van der Waals surface area contributed by atoms with Crippen molar-refractivity contribution in [2.75, 3.05) is 0 Å². The normalized spacial score (nSPS) is 13.8. The second-order valence-corrected chi connectivity index (χ2v) is 7.18. The lowest BCUT2D eigenvalue weighted by molar-refractivity contribution is 0.0731. The van der Waals surface area contributed by atoms with Crippen LogP contribution in [0.4, 0.5) is 0 Å². The quantitative estimate of drug-likeness (QED) is 0.686. The minimum Gasteiger partial charge on any atom is -0.331 e. The van der Waals surface area contributed by atoms with Crippen LogP contribution in [0, 0.1) is 0 Å². The van der Waals surface area contributed by atoms with Crippen molar-refractivity contribution in [1.29, 1.82) is 0 Å². The molecule has 1 amide bonds. The third-order valence-electron chi connectivity index (χ3n) is 4.26. The highest BCUT2D eigenvalue weighted by Gasteiger charge is 2.33. The van der Waals surface area contributed by atoms with Crippen molar-refractivity contribution < 1.29 is 4.79 Å². The first-order chi connectivity index (χ1) is 11.8. The van der Waals surface area contributed by atoms with Gasteiger partial charge in [0.25, 0.3) is 5.91 Å². The van der Waals surface area contributed by atoms with Gasteiger partial charge in [-0.25, -0.2) is 0 Å². The number of carbonyl (C=O) groups is 1. The summed E-state index contributed by atoms with van der Waals surface area (Å²) >= 11 is 1.71. The highest BCUT2D eigenvalue weighted by molar-refractivity contribution is 7.09. The van der Waals surface area contributed by atoms with Gasteiger partial charge in [0, 0.05) is 28.9 Å². The third kappa shape index (κ3) is 3.41. The number of amides is 1. The van der Waals surface area contributed by atoms with Crippen LogP contribution in [0.1, 0.15) is 33.6 Å². The van der Waals surface area contributed by atoms with E-state index in [2.05, 4.69) is 16.5 Å². The molecule has 2 heterocycles. The van der Waals surface area contributed by atoms with Gasteiger partial charge in [0.05, 0.1) is 13.1 Å². The molecule has 24 heavy (non-hydrogen) atoms. The van der Waals surface area contributed by atoms with Crippen LogP contribution in [0.15, 0.2) is 60.2 Å². The smallest absolute Gasteiger partial charge is 0.254 e. The lowest BCUT2D eigenvalue weighted by Gasteiger charge is -2.22. The fraction of sp³-hybridized carbons (Fsp3) is 0.263. The molecule has 2 aromatic heterocycles. The molecule has 0 aliphatic heterocycles. The Balaban J connectivity index is 1.48. The molecule has 1 aliphatic carbocycles. The monoisotopic (exact) mass is 337 g/mol. The minimum atomic E-state index is 0.136. The summed E-state index contributed by atoms with van der Waals surface area (Å²) in [5, 5.41) is 6.28. The van der Waals surface area contributed by atoms with Gasteiger partial charge in [0.2, 0.25) is 0 Å². The summed E-state index contributed by atoms with van der Waals surface area (Å²) in [7, 11) is 0. The average molecular weight is 337 g/mol. The predicted molar refractivity (Wildman–Crippen MR) is 95.0 cm³/mol. The van der Waals surface area contributed by atoms with Gasteiger partial charge in [-0.3, -0.25) is 9.48 Å². The van der Waals surface area contributed by atoms with Crippen molar-refractivity contribution in [3.8, 4) is 0 Å². The molecule has 122 valence electrons. The summed E-state index contributed by atoms with van der Waals surface area (Å²) in [6.07, 6.45) is 5.95. The van der Waals surface area contributed by atoms with Crippen LogP contribution in [0.25, 0.3) is 0 Å². The number of thiophene rings is 1. The number of carbonyl (C=O) groups excluding carboxylic acids is 1. The first-order valence-electron chi connectivity index (χ1n) is 8.19. The van der Waals surface area contributed by atoms with Crippen molar-refractivity contribution in [2.24, 2.45) is 0 Å². The maximum Gasteiger partial charge on any atom is 0.254 e. The van der Waals surface area contributed by atoms with Crippen LogP contribution >= 0.6 is 11.3 Å². The van der Waals surface area contributed by atoms with Crippen LogP contribution in [0.5, 0.6) is 0 Å². The molecule has 0 unspecified atom stereocenters.